The average Bonchev–Trinajstić information content (AvgIpc) is 3.01. The standard InChI is InChI=1S/C19H23NO4/c1-11-9-19-14-7-17(24-3)16(23-2)6-12(14)4-5-20(19)18(22)8-15(19)13(11)10-21/h6-7,10-11,13,15H,4-5,8-9H2,1-3H3. The SMILES string of the molecule is COc1cc2c(cc1OC)C13CC(C)C(C=O)C1CC(=O)N3CC2. The van der Waals surface area contributed by atoms with Crippen LogP contribution in [0.5, 0.6) is 11.5 Å². The van der Waals surface area contributed by atoms with Gasteiger partial charge in [-0.25, -0.2) is 0 Å². The van der Waals surface area contributed by atoms with Crippen molar-refractivity contribution in [1.82, 2.24) is 4.90 Å². The highest BCUT2D eigenvalue weighted by Gasteiger charge is 2.63. The van der Waals surface area contributed by atoms with Gasteiger partial charge in [0.15, 0.2) is 11.5 Å². The number of carbonyl (C=O) groups excluding carboxylic acids is 2. The van der Waals surface area contributed by atoms with Crippen LogP contribution < -0.4 is 9.47 Å². The lowest BCUT2D eigenvalue weighted by molar-refractivity contribution is -0.132. The number of carbonyl (C=O) groups is 2. The maximum Gasteiger partial charge on any atom is 0.223 e. The predicted molar refractivity (Wildman–Crippen MR) is 88.1 cm³/mol. The highest BCUT2D eigenvalue weighted by molar-refractivity contribution is 5.83. The van der Waals surface area contributed by atoms with Gasteiger partial charge in [-0.05, 0) is 42.0 Å². The summed E-state index contributed by atoms with van der Waals surface area (Å²) in [5.74, 6) is 1.88. The van der Waals surface area contributed by atoms with Crippen molar-refractivity contribution in [2.24, 2.45) is 17.8 Å². The fourth-order valence-corrected chi connectivity index (χ4v) is 5.40. The molecule has 24 heavy (non-hydrogen) atoms. The van der Waals surface area contributed by atoms with E-state index in [9.17, 15) is 9.59 Å². The molecule has 2 heterocycles. The van der Waals surface area contributed by atoms with Crippen molar-refractivity contribution < 1.29 is 19.1 Å². The second-order valence-corrected chi connectivity index (χ2v) is 7.29. The van der Waals surface area contributed by atoms with E-state index in [1.165, 1.54) is 5.56 Å². The zero-order valence-corrected chi connectivity index (χ0v) is 14.4. The summed E-state index contributed by atoms with van der Waals surface area (Å²) in [4.78, 5) is 26.4. The third-order valence-electron chi connectivity index (χ3n) is 6.38. The number of hydrogen-bond donors (Lipinski definition) is 0. The Hall–Kier alpha value is -2.04. The van der Waals surface area contributed by atoms with Gasteiger partial charge in [0.05, 0.1) is 19.8 Å². The van der Waals surface area contributed by atoms with Crippen LogP contribution in [0.4, 0.5) is 0 Å². The third kappa shape index (κ3) is 1.75. The van der Waals surface area contributed by atoms with Crippen molar-refractivity contribution in [2.45, 2.75) is 31.7 Å². The van der Waals surface area contributed by atoms with Gasteiger partial charge < -0.3 is 19.2 Å². The zero-order valence-electron chi connectivity index (χ0n) is 14.4. The molecule has 4 rings (SSSR count). The maximum absolute atomic E-state index is 12.6. The first-order chi connectivity index (χ1) is 11.6. The van der Waals surface area contributed by atoms with Crippen molar-refractivity contribution >= 4 is 12.2 Å². The number of methoxy groups -OCH3 is 2. The van der Waals surface area contributed by atoms with Crippen LogP contribution in [-0.2, 0) is 21.5 Å². The molecule has 1 amide bonds. The quantitative estimate of drug-likeness (QED) is 0.798. The Bertz CT molecular complexity index is 716. The fraction of sp³-hybridized carbons (Fsp3) is 0.579. The number of ether oxygens (including phenoxy) is 2. The summed E-state index contributed by atoms with van der Waals surface area (Å²) in [6.45, 7) is 2.85. The van der Waals surface area contributed by atoms with Gasteiger partial charge in [-0.2, -0.15) is 0 Å². The number of rotatable bonds is 3. The predicted octanol–water partition coefficient (Wildman–Crippen LogP) is 2.16. The molecule has 1 saturated heterocycles. The molecule has 1 aromatic rings. The van der Waals surface area contributed by atoms with E-state index >= 15 is 0 Å². The molecule has 2 aliphatic heterocycles. The molecule has 0 N–H and O–H groups in total. The van der Waals surface area contributed by atoms with Gasteiger partial charge >= 0.3 is 0 Å². The number of benzene rings is 1. The van der Waals surface area contributed by atoms with Crippen LogP contribution >= 0.6 is 0 Å². The van der Waals surface area contributed by atoms with Gasteiger partial charge in [0.2, 0.25) is 5.91 Å². The molecule has 1 saturated carbocycles. The summed E-state index contributed by atoms with van der Waals surface area (Å²) in [5, 5.41) is 0. The molecule has 128 valence electrons. The molecular weight excluding hydrogens is 306 g/mol. The van der Waals surface area contributed by atoms with E-state index in [0.717, 1.165) is 37.0 Å². The van der Waals surface area contributed by atoms with Gasteiger partial charge in [-0.15, -0.1) is 0 Å². The first kappa shape index (κ1) is 15.5. The van der Waals surface area contributed by atoms with E-state index in [0.29, 0.717) is 12.2 Å². The highest BCUT2D eigenvalue weighted by atomic mass is 16.5. The monoisotopic (exact) mass is 329 g/mol. The van der Waals surface area contributed by atoms with E-state index in [2.05, 4.69) is 6.92 Å². The smallest absolute Gasteiger partial charge is 0.223 e. The first-order valence-corrected chi connectivity index (χ1v) is 8.58. The Kier molecular flexibility index (Phi) is 3.37. The van der Waals surface area contributed by atoms with E-state index < -0.39 is 0 Å². The van der Waals surface area contributed by atoms with Crippen molar-refractivity contribution in [2.75, 3.05) is 20.8 Å². The minimum Gasteiger partial charge on any atom is -0.493 e. The van der Waals surface area contributed by atoms with Crippen LogP contribution in [0.2, 0.25) is 0 Å². The molecular formula is C19H23NO4. The van der Waals surface area contributed by atoms with Crippen molar-refractivity contribution in [3.63, 3.8) is 0 Å². The van der Waals surface area contributed by atoms with E-state index in [-0.39, 0.29) is 29.2 Å². The van der Waals surface area contributed by atoms with Crippen LogP contribution in [0.25, 0.3) is 0 Å². The molecule has 5 nitrogen and oxygen atoms in total. The summed E-state index contributed by atoms with van der Waals surface area (Å²) in [7, 11) is 3.27. The summed E-state index contributed by atoms with van der Waals surface area (Å²) in [5.41, 5.74) is 2.01. The molecule has 3 aliphatic rings. The Balaban J connectivity index is 1.93. The molecule has 0 aromatic heterocycles. The normalized spacial score (nSPS) is 33.7. The maximum atomic E-state index is 12.6. The minimum atomic E-state index is -0.352. The molecule has 4 unspecified atom stereocenters. The summed E-state index contributed by atoms with van der Waals surface area (Å²) < 4.78 is 11.0. The van der Waals surface area contributed by atoms with Crippen molar-refractivity contribution in [3.05, 3.63) is 23.3 Å². The lowest BCUT2D eigenvalue weighted by Gasteiger charge is -2.44. The highest BCUT2D eigenvalue weighted by Crippen LogP contribution is 2.61. The van der Waals surface area contributed by atoms with Gasteiger partial charge in [0.25, 0.3) is 0 Å². The number of fused-ring (bicyclic) bond motifs is 1. The third-order valence-corrected chi connectivity index (χ3v) is 6.38. The molecule has 5 heteroatoms. The molecule has 0 radical (unpaired) electrons. The van der Waals surface area contributed by atoms with Gasteiger partial charge in [0.1, 0.15) is 6.29 Å². The van der Waals surface area contributed by atoms with E-state index in [1.807, 2.05) is 17.0 Å². The average molecular weight is 329 g/mol. The molecule has 1 aliphatic carbocycles. The van der Waals surface area contributed by atoms with E-state index in [4.69, 9.17) is 9.47 Å². The van der Waals surface area contributed by atoms with Crippen molar-refractivity contribution in [3.8, 4) is 11.5 Å². The summed E-state index contributed by atoms with van der Waals surface area (Å²) in [6.07, 6.45) is 3.20. The fourth-order valence-electron chi connectivity index (χ4n) is 5.40. The first-order valence-electron chi connectivity index (χ1n) is 8.58. The van der Waals surface area contributed by atoms with Crippen molar-refractivity contribution in [1.29, 1.82) is 0 Å². The Morgan fingerprint density at radius 3 is 2.62 bits per heavy atom. The summed E-state index contributed by atoms with van der Waals surface area (Å²) >= 11 is 0. The molecule has 4 atom stereocenters. The van der Waals surface area contributed by atoms with Crippen LogP contribution in [0.15, 0.2) is 12.1 Å². The molecule has 1 aromatic carbocycles. The van der Waals surface area contributed by atoms with Crippen LogP contribution in [0.1, 0.15) is 30.9 Å². The lowest BCUT2D eigenvalue weighted by atomic mass is 9.74. The number of aldehydes is 1. The molecule has 0 bridgehead atoms. The lowest BCUT2D eigenvalue weighted by Crippen LogP contribution is -2.49. The molecule has 1 spiro atoms. The minimum absolute atomic E-state index is 0.0574. The number of nitrogens with zero attached hydrogens (tertiary/aromatic N) is 1. The molecule has 2 fully saturated rings. The van der Waals surface area contributed by atoms with E-state index in [1.54, 1.807) is 14.2 Å². The van der Waals surface area contributed by atoms with Crippen LogP contribution in [0.3, 0.4) is 0 Å². The Morgan fingerprint density at radius 2 is 1.96 bits per heavy atom. The van der Waals surface area contributed by atoms with Gasteiger partial charge in [-0.3, -0.25) is 4.79 Å². The summed E-state index contributed by atoms with van der Waals surface area (Å²) in [6, 6.07) is 4.07. The zero-order chi connectivity index (χ0) is 17.1. The Labute approximate surface area is 141 Å². The largest absolute Gasteiger partial charge is 0.493 e. The topological polar surface area (TPSA) is 55.8 Å². The van der Waals surface area contributed by atoms with Gasteiger partial charge in [0, 0.05) is 24.8 Å². The number of hydrogen-bond acceptors (Lipinski definition) is 4. The van der Waals surface area contributed by atoms with Gasteiger partial charge in [-0.1, -0.05) is 6.92 Å². The Morgan fingerprint density at radius 1 is 1.25 bits per heavy atom. The second-order valence-electron chi connectivity index (χ2n) is 7.29. The number of amides is 1. The van der Waals surface area contributed by atoms with Crippen LogP contribution in [0, 0.1) is 17.8 Å². The second kappa shape index (κ2) is 5.23. The van der Waals surface area contributed by atoms with Crippen LogP contribution in [-0.4, -0.2) is 37.9 Å².